The summed E-state index contributed by atoms with van der Waals surface area (Å²) in [6, 6.07) is 11.1. The van der Waals surface area contributed by atoms with Gasteiger partial charge in [-0.15, -0.1) is 11.3 Å². The normalized spacial score (nSPS) is 18.3. The number of hydrogen-bond donors (Lipinski definition) is 1. The molecule has 0 radical (unpaired) electrons. The molecule has 1 N–H and O–H groups in total. The summed E-state index contributed by atoms with van der Waals surface area (Å²) in [5.41, 5.74) is 0. The highest BCUT2D eigenvalue weighted by atomic mass is 79.9. The number of thiophene rings is 1. The third-order valence-electron chi connectivity index (χ3n) is 4.72. The van der Waals surface area contributed by atoms with Crippen molar-refractivity contribution in [1.82, 2.24) is 9.62 Å². The lowest BCUT2D eigenvalue weighted by molar-refractivity contribution is 0.141. The average molecular weight is 443 g/mol. The van der Waals surface area contributed by atoms with E-state index in [1.54, 1.807) is 29.5 Å². The summed E-state index contributed by atoms with van der Waals surface area (Å²) in [6.07, 6.45) is 2.33. The Morgan fingerprint density at radius 3 is 2.60 bits per heavy atom. The SMILES string of the molecule is CC1CCN(C(CNS(=O)(=O)c2ccccc2Br)c2cccs2)CC1. The van der Waals surface area contributed by atoms with Crippen LogP contribution in [0.5, 0.6) is 0 Å². The second-order valence-corrected chi connectivity index (χ2v) is 10.1. The fourth-order valence-electron chi connectivity index (χ4n) is 3.16. The van der Waals surface area contributed by atoms with Gasteiger partial charge in [0.05, 0.1) is 10.9 Å². The largest absolute Gasteiger partial charge is 0.294 e. The topological polar surface area (TPSA) is 49.4 Å². The van der Waals surface area contributed by atoms with Crippen LogP contribution in [0.1, 0.15) is 30.7 Å². The van der Waals surface area contributed by atoms with Crippen molar-refractivity contribution in [3.05, 3.63) is 51.1 Å². The van der Waals surface area contributed by atoms with Crippen LogP contribution in [0, 0.1) is 5.92 Å². The number of nitrogens with one attached hydrogen (secondary N) is 1. The van der Waals surface area contributed by atoms with Crippen molar-refractivity contribution in [2.45, 2.75) is 30.7 Å². The number of rotatable bonds is 6. The van der Waals surface area contributed by atoms with Crippen LogP contribution in [0.15, 0.2) is 51.1 Å². The predicted octanol–water partition coefficient (Wildman–Crippen LogP) is 4.26. The maximum absolute atomic E-state index is 12.7. The van der Waals surface area contributed by atoms with E-state index in [1.807, 2.05) is 12.1 Å². The second-order valence-electron chi connectivity index (χ2n) is 6.53. The van der Waals surface area contributed by atoms with Crippen molar-refractivity contribution in [2.24, 2.45) is 5.92 Å². The molecule has 0 spiro atoms. The molecule has 0 aliphatic carbocycles. The summed E-state index contributed by atoms with van der Waals surface area (Å²) in [5, 5.41) is 2.05. The Kier molecular flexibility index (Phi) is 6.33. The number of benzene rings is 1. The van der Waals surface area contributed by atoms with Crippen LogP contribution in [0.3, 0.4) is 0 Å². The quantitative estimate of drug-likeness (QED) is 0.726. The molecular formula is C18H23BrN2O2S2. The highest BCUT2D eigenvalue weighted by Crippen LogP contribution is 2.30. The van der Waals surface area contributed by atoms with Gasteiger partial charge >= 0.3 is 0 Å². The lowest BCUT2D eigenvalue weighted by Crippen LogP contribution is -2.41. The molecule has 1 aromatic carbocycles. The minimum Gasteiger partial charge on any atom is -0.294 e. The van der Waals surface area contributed by atoms with Gasteiger partial charge in [-0.25, -0.2) is 13.1 Å². The number of halogens is 1. The Morgan fingerprint density at radius 1 is 1.24 bits per heavy atom. The highest BCUT2D eigenvalue weighted by Gasteiger charge is 2.27. The van der Waals surface area contributed by atoms with Crippen molar-refractivity contribution < 1.29 is 8.42 Å². The Hall–Kier alpha value is -0.730. The monoisotopic (exact) mass is 442 g/mol. The van der Waals surface area contributed by atoms with Crippen molar-refractivity contribution in [3.63, 3.8) is 0 Å². The third kappa shape index (κ3) is 4.71. The molecule has 7 heteroatoms. The van der Waals surface area contributed by atoms with Crippen LogP contribution in [-0.4, -0.2) is 33.0 Å². The van der Waals surface area contributed by atoms with E-state index in [0.717, 1.165) is 19.0 Å². The highest BCUT2D eigenvalue weighted by molar-refractivity contribution is 9.10. The smallest absolute Gasteiger partial charge is 0.241 e. The van der Waals surface area contributed by atoms with Gasteiger partial charge in [0.2, 0.25) is 10.0 Å². The summed E-state index contributed by atoms with van der Waals surface area (Å²) >= 11 is 5.02. The number of nitrogens with zero attached hydrogens (tertiary/aromatic N) is 1. The molecule has 1 saturated heterocycles. The molecule has 2 aromatic rings. The number of likely N-dealkylation sites (tertiary alicyclic amines) is 1. The molecule has 136 valence electrons. The van der Waals surface area contributed by atoms with Gasteiger partial charge in [-0.2, -0.15) is 0 Å². The summed E-state index contributed by atoms with van der Waals surface area (Å²) < 4.78 is 28.8. The number of piperidine rings is 1. The summed E-state index contributed by atoms with van der Waals surface area (Å²) in [6.45, 7) is 4.70. The molecule has 1 unspecified atom stereocenters. The minimum absolute atomic E-state index is 0.0877. The van der Waals surface area contributed by atoms with Gasteiger partial charge in [0.15, 0.2) is 0 Å². The van der Waals surface area contributed by atoms with Crippen molar-refractivity contribution in [2.75, 3.05) is 19.6 Å². The fourth-order valence-corrected chi connectivity index (χ4v) is 6.06. The lowest BCUT2D eigenvalue weighted by Gasteiger charge is -2.36. The van der Waals surface area contributed by atoms with Crippen LogP contribution in [0.4, 0.5) is 0 Å². The molecule has 3 rings (SSSR count). The Labute approximate surface area is 162 Å². The van der Waals surface area contributed by atoms with Crippen LogP contribution in [0.25, 0.3) is 0 Å². The molecule has 0 saturated carbocycles. The maximum Gasteiger partial charge on any atom is 0.241 e. The summed E-state index contributed by atoms with van der Waals surface area (Å²) in [7, 11) is -3.55. The van der Waals surface area contributed by atoms with Crippen molar-refractivity contribution in [1.29, 1.82) is 0 Å². The molecule has 4 nitrogen and oxygen atoms in total. The van der Waals surface area contributed by atoms with Gasteiger partial charge in [0, 0.05) is 15.9 Å². The summed E-state index contributed by atoms with van der Waals surface area (Å²) in [4.78, 5) is 3.91. The van der Waals surface area contributed by atoms with Crippen LogP contribution >= 0.6 is 27.3 Å². The van der Waals surface area contributed by atoms with E-state index in [1.165, 1.54) is 17.7 Å². The summed E-state index contributed by atoms with van der Waals surface area (Å²) in [5.74, 6) is 0.747. The lowest BCUT2D eigenvalue weighted by atomic mass is 9.97. The predicted molar refractivity (Wildman–Crippen MR) is 106 cm³/mol. The third-order valence-corrected chi connectivity index (χ3v) is 8.13. The molecule has 1 aliphatic rings. The molecule has 2 heterocycles. The van der Waals surface area contributed by atoms with E-state index >= 15 is 0 Å². The average Bonchev–Trinajstić information content (AvgIpc) is 3.11. The van der Waals surface area contributed by atoms with E-state index in [9.17, 15) is 8.42 Å². The molecule has 1 fully saturated rings. The zero-order chi connectivity index (χ0) is 17.9. The molecule has 0 bridgehead atoms. The standard InChI is InChI=1S/C18H23BrN2O2S2/c1-14-8-10-21(11-9-14)16(17-6-4-12-24-17)13-20-25(22,23)18-7-3-2-5-15(18)19/h2-7,12,14,16,20H,8-11,13H2,1H3. The molecule has 1 aromatic heterocycles. The maximum atomic E-state index is 12.7. The van der Waals surface area contributed by atoms with E-state index in [2.05, 4.69) is 43.9 Å². The van der Waals surface area contributed by atoms with E-state index in [-0.39, 0.29) is 10.9 Å². The Morgan fingerprint density at radius 2 is 1.96 bits per heavy atom. The Bertz CT molecular complexity index is 785. The van der Waals surface area contributed by atoms with Crippen LogP contribution in [-0.2, 0) is 10.0 Å². The molecule has 25 heavy (non-hydrogen) atoms. The zero-order valence-electron chi connectivity index (χ0n) is 14.2. The van der Waals surface area contributed by atoms with Crippen LogP contribution < -0.4 is 4.72 Å². The van der Waals surface area contributed by atoms with Crippen molar-refractivity contribution in [3.8, 4) is 0 Å². The van der Waals surface area contributed by atoms with E-state index < -0.39 is 10.0 Å². The van der Waals surface area contributed by atoms with Crippen molar-refractivity contribution >= 4 is 37.3 Å². The fraction of sp³-hybridized carbons (Fsp3) is 0.444. The molecule has 1 atom stereocenters. The number of hydrogen-bond acceptors (Lipinski definition) is 4. The van der Waals surface area contributed by atoms with E-state index in [4.69, 9.17) is 0 Å². The second kappa shape index (κ2) is 8.31. The molecule has 0 amide bonds. The van der Waals surface area contributed by atoms with Crippen LogP contribution in [0.2, 0.25) is 0 Å². The first-order valence-electron chi connectivity index (χ1n) is 8.49. The van der Waals surface area contributed by atoms with Gasteiger partial charge in [-0.3, -0.25) is 4.90 Å². The Balaban J connectivity index is 1.76. The van der Waals surface area contributed by atoms with E-state index in [0.29, 0.717) is 11.0 Å². The minimum atomic E-state index is -3.55. The van der Waals surface area contributed by atoms with Gasteiger partial charge < -0.3 is 0 Å². The molecular weight excluding hydrogens is 420 g/mol. The van der Waals surface area contributed by atoms with Gasteiger partial charge in [-0.1, -0.05) is 25.1 Å². The van der Waals surface area contributed by atoms with Gasteiger partial charge in [-0.05, 0) is 71.4 Å². The molecule has 1 aliphatic heterocycles. The first kappa shape index (κ1) is 19.0. The first-order chi connectivity index (χ1) is 12.0. The zero-order valence-corrected chi connectivity index (χ0v) is 17.4. The first-order valence-corrected chi connectivity index (χ1v) is 11.6. The number of sulfonamides is 1. The van der Waals surface area contributed by atoms with Gasteiger partial charge in [0.1, 0.15) is 0 Å². The van der Waals surface area contributed by atoms with Gasteiger partial charge in [0.25, 0.3) is 0 Å².